The number of para-hydroxylation sites is 1. The van der Waals surface area contributed by atoms with Gasteiger partial charge in [0.2, 0.25) is 0 Å². The molecule has 4 rings (SSSR count). The first-order valence-electron chi connectivity index (χ1n) is 7.98. The highest BCUT2D eigenvalue weighted by atomic mass is 32.2. The highest BCUT2D eigenvalue weighted by Crippen LogP contribution is 2.44. The van der Waals surface area contributed by atoms with Crippen LogP contribution in [0, 0.1) is 11.8 Å². The molecule has 2 aliphatic carbocycles. The van der Waals surface area contributed by atoms with E-state index < -0.39 is 0 Å². The normalized spacial score (nSPS) is 18.5. The second-order valence-electron chi connectivity index (χ2n) is 6.20. The molecule has 4 heteroatoms. The Bertz CT molecular complexity index is 605. The number of nitrogens with zero attached hydrogens (tertiary/aromatic N) is 2. The van der Waals surface area contributed by atoms with Crippen molar-refractivity contribution in [2.45, 2.75) is 36.8 Å². The van der Waals surface area contributed by atoms with Gasteiger partial charge in [-0.2, -0.15) is 0 Å². The molecule has 2 aliphatic rings. The SMILES string of the molecule is c1ccc2c(SCCNC(C3CC3)C3CC3)ncnc2c1. The maximum atomic E-state index is 4.44. The minimum Gasteiger partial charge on any atom is -0.313 e. The van der Waals surface area contributed by atoms with E-state index in [0.29, 0.717) is 0 Å². The van der Waals surface area contributed by atoms with Gasteiger partial charge < -0.3 is 5.32 Å². The van der Waals surface area contributed by atoms with E-state index in [2.05, 4.69) is 33.5 Å². The highest BCUT2D eigenvalue weighted by Gasteiger charge is 2.40. The second kappa shape index (κ2) is 5.93. The van der Waals surface area contributed by atoms with E-state index in [0.717, 1.165) is 40.7 Å². The summed E-state index contributed by atoms with van der Waals surface area (Å²) in [7, 11) is 0. The minimum absolute atomic E-state index is 0.799. The van der Waals surface area contributed by atoms with E-state index in [4.69, 9.17) is 0 Å². The molecular weight excluding hydrogens is 278 g/mol. The molecule has 0 saturated heterocycles. The molecular formula is C17H21N3S. The Kier molecular flexibility index (Phi) is 3.82. The zero-order chi connectivity index (χ0) is 14.1. The van der Waals surface area contributed by atoms with Crippen molar-refractivity contribution in [2.75, 3.05) is 12.3 Å². The number of aromatic nitrogens is 2. The fourth-order valence-electron chi connectivity index (χ4n) is 3.10. The summed E-state index contributed by atoms with van der Waals surface area (Å²) >= 11 is 1.84. The van der Waals surface area contributed by atoms with Crippen molar-refractivity contribution in [3.8, 4) is 0 Å². The van der Waals surface area contributed by atoms with Gasteiger partial charge >= 0.3 is 0 Å². The van der Waals surface area contributed by atoms with Gasteiger partial charge in [-0.25, -0.2) is 9.97 Å². The fraction of sp³-hybridized carbons (Fsp3) is 0.529. The molecule has 2 fully saturated rings. The molecule has 1 N–H and O–H groups in total. The van der Waals surface area contributed by atoms with Gasteiger partial charge in [-0.15, -0.1) is 11.8 Å². The molecule has 3 nitrogen and oxygen atoms in total. The van der Waals surface area contributed by atoms with Crippen LogP contribution in [0.5, 0.6) is 0 Å². The van der Waals surface area contributed by atoms with E-state index in [-0.39, 0.29) is 0 Å². The lowest BCUT2D eigenvalue weighted by Gasteiger charge is -2.17. The van der Waals surface area contributed by atoms with E-state index in [9.17, 15) is 0 Å². The first-order valence-corrected chi connectivity index (χ1v) is 8.96. The lowest BCUT2D eigenvalue weighted by Crippen LogP contribution is -2.34. The largest absolute Gasteiger partial charge is 0.313 e. The molecule has 0 amide bonds. The first kappa shape index (κ1) is 13.5. The zero-order valence-electron chi connectivity index (χ0n) is 12.2. The van der Waals surface area contributed by atoms with E-state index in [1.165, 1.54) is 31.1 Å². The number of rotatable bonds is 7. The van der Waals surface area contributed by atoms with E-state index >= 15 is 0 Å². The molecule has 0 bridgehead atoms. The lowest BCUT2D eigenvalue weighted by atomic mass is 10.1. The van der Waals surface area contributed by atoms with Gasteiger partial charge in [0.1, 0.15) is 11.4 Å². The molecule has 0 radical (unpaired) electrons. The van der Waals surface area contributed by atoms with Gasteiger partial charge in [-0.05, 0) is 43.6 Å². The molecule has 21 heavy (non-hydrogen) atoms. The monoisotopic (exact) mass is 299 g/mol. The quantitative estimate of drug-likeness (QED) is 0.482. The van der Waals surface area contributed by atoms with Crippen LogP contribution in [0.15, 0.2) is 35.6 Å². The number of nitrogens with one attached hydrogen (secondary N) is 1. The van der Waals surface area contributed by atoms with Crippen LogP contribution in [0.4, 0.5) is 0 Å². The van der Waals surface area contributed by atoms with Gasteiger partial charge in [0.25, 0.3) is 0 Å². The van der Waals surface area contributed by atoms with Crippen LogP contribution in [0.3, 0.4) is 0 Å². The van der Waals surface area contributed by atoms with Crippen LogP contribution < -0.4 is 5.32 Å². The summed E-state index contributed by atoms with van der Waals surface area (Å²) in [5, 5.41) is 6.08. The lowest BCUT2D eigenvalue weighted by molar-refractivity contribution is 0.429. The summed E-state index contributed by atoms with van der Waals surface area (Å²) in [6.07, 6.45) is 7.45. The van der Waals surface area contributed by atoms with Crippen molar-refractivity contribution in [3.05, 3.63) is 30.6 Å². The predicted molar refractivity (Wildman–Crippen MR) is 87.5 cm³/mol. The van der Waals surface area contributed by atoms with E-state index in [1.54, 1.807) is 6.33 Å². The topological polar surface area (TPSA) is 37.8 Å². The molecule has 1 aromatic carbocycles. The maximum Gasteiger partial charge on any atom is 0.117 e. The Hall–Kier alpha value is -1.13. The van der Waals surface area contributed by atoms with Crippen molar-refractivity contribution in [2.24, 2.45) is 11.8 Å². The Morgan fingerprint density at radius 1 is 1.10 bits per heavy atom. The summed E-state index contributed by atoms with van der Waals surface area (Å²) in [6.45, 7) is 1.08. The summed E-state index contributed by atoms with van der Waals surface area (Å²) < 4.78 is 0. The van der Waals surface area contributed by atoms with Crippen LogP contribution in [-0.4, -0.2) is 28.3 Å². The number of hydrogen-bond acceptors (Lipinski definition) is 4. The van der Waals surface area contributed by atoms with Crippen molar-refractivity contribution < 1.29 is 0 Å². The van der Waals surface area contributed by atoms with Gasteiger partial charge in [0.05, 0.1) is 5.52 Å². The average Bonchev–Trinajstić information content (AvgIpc) is 3.40. The van der Waals surface area contributed by atoms with Crippen molar-refractivity contribution >= 4 is 22.7 Å². The van der Waals surface area contributed by atoms with Gasteiger partial charge in [0.15, 0.2) is 0 Å². The third-order valence-electron chi connectivity index (χ3n) is 4.49. The van der Waals surface area contributed by atoms with Crippen molar-refractivity contribution in [1.82, 2.24) is 15.3 Å². The molecule has 0 unspecified atom stereocenters. The fourth-order valence-corrected chi connectivity index (χ4v) is 3.96. The van der Waals surface area contributed by atoms with Crippen LogP contribution in [0.2, 0.25) is 0 Å². The van der Waals surface area contributed by atoms with Crippen LogP contribution >= 0.6 is 11.8 Å². The Morgan fingerprint density at radius 3 is 2.62 bits per heavy atom. The average molecular weight is 299 g/mol. The van der Waals surface area contributed by atoms with Gasteiger partial charge in [-0.3, -0.25) is 0 Å². The highest BCUT2D eigenvalue weighted by molar-refractivity contribution is 7.99. The third-order valence-corrected chi connectivity index (χ3v) is 5.49. The molecule has 0 atom stereocenters. The van der Waals surface area contributed by atoms with Crippen LogP contribution in [0.25, 0.3) is 10.9 Å². The van der Waals surface area contributed by atoms with Crippen LogP contribution in [-0.2, 0) is 0 Å². The number of hydrogen-bond donors (Lipinski definition) is 1. The third kappa shape index (κ3) is 3.22. The standard InChI is InChI=1S/C17H21N3S/c1-2-4-15-14(3-1)17(20-11-19-15)21-10-9-18-16(12-5-6-12)13-7-8-13/h1-4,11-13,16,18H,5-10H2. The molecule has 2 saturated carbocycles. The minimum atomic E-state index is 0.799. The first-order chi connectivity index (χ1) is 10.4. The molecule has 110 valence electrons. The zero-order valence-corrected chi connectivity index (χ0v) is 13.0. The molecule has 0 aliphatic heterocycles. The summed E-state index contributed by atoms with van der Waals surface area (Å²) in [6, 6.07) is 9.05. The number of thioether (sulfide) groups is 1. The Balaban J connectivity index is 1.33. The van der Waals surface area contributed by atoms with E-state index in [1.807, 2.05) is 17.8 Å². The second-order valence-corrected chi connectivity index (χ2v) is 7.28. The van der Waals surface area contributed by atoms with Gasteiger partial charge in [-0.1, -0.05) is 18.2 Å². The number of benzene rings is 1. The maximum absolute atomic E-state index is 4.44. The Labute approximate surface area is 129 Å². The molecule has 2 aromatic rings. The summed E-state index contributed by atoms with van der Waals surface area (Å²) in [5.74, 6) is 3.03. The molecule has 1 heterocycles. The molecule has 1 aromatic heterocycles. The number of fused-ring (bicyclic) bond motifs is 1. The van der Waals surface area contributed by atoms with Crippen molar-refractivity contribution in [3.63, 3.8) is 0 Å². The Morgan fingerprint density at radius 2 is 1.86 bits per heavy atom. The smallest absolute Gasteiger partial charge is 0.117 e. The summed E-state index contributed by atoms with van der Waals surface area (Å²) in [5.41, 5.74) is 1.04. The van der Waals surface area contributed by atoms with Crippen LogP contribution in [0.1, 0.15) is 25.7 Å². The predicted octanol–water partition coefficient (Wildman–Crippen LogP) is 3.50. The summed E-state index contributed by atoms with van der Waals surface area (Å²) in [4.78, 5) is 8.76. The molecule has 0 spiro atoms. The van der Waals surface area contributed by atoms with Gasteiger partial charge in [0, 0.05) is 23.7 Å². The van der Waals surface area contributed by atoms with Crippen molar-refractivity contribution in [1.29, 1.82) is 0 Å².